The van der Waals surface area contributed by atoms with Gasteiger partial charge in [0.25, 0.3) is 23.9 Å². The lowest BCUT2D eigenvalue weighted by Crippen LogP contribution is -2.20. The van der Waals surface area contributed by atoms with Gasteiger partial charge in [-0.3, -0.25) is 14.4 Å². The van der Waals surface area contributed by atoms with E-state index in [1.807, 2.05) is 0 Å². The van der Waals surface area contributed by atoms with Gasteiger partial charge in [-0.1, -0.05) is 0 Å². The van der Waals surface area contributed by atoms with Gasteiger partial charge in [0.15, 0.2) is 0 Å². The van der Waals surface area contributed by atoms with Crippen molar-refractivity contribution in [1.82, 2.24) is 0 Å². The monoisotopic (exact) mass is 258 g/mol. The molecule has 0 bridgehead atoms. The summed E-state index contributed by atoms with van der Waals surface area (Å²) in [5.41, 5.74) is 0. The van der Waals surface area contributed by atoms with Crippen LogP contribution in [0, 0.1) is 0 Å². The lowest BCUT2D eigenvalue weighted by molar-refractivity contribution is -0.297. The average Bonchev–Trinajstić information content (AvgIpc) is 1.73. The van der Waals surface area contributed by atoms with Crippen LogP contribution in [-0.4, -0.2) is 54.5 Å². The Morgan fingerprint density at radius 2 is 0.706 bits per heavy atom. The van der Waals surface area contributed by atoms with Crippen LogP contribution in [0.1, 0.15) is 27.7 Å². The van der Waals surface area contributed by atoms with Gasteiger partial charge >= 0.3 is 0 Å². The van der Waals surface area contributed by atoms with Crippen LogP contribution in [0.25, 0.3) is 0 Å². The SMILES string of the molecule is CC(=O)O.CC(=O)O.CC(=O)O.CC(O)(O)O. The molecule has 0 radical (unpaired) electrons. The molecule has 0 spiro atoms. The zero-order valence-electron chi connectivity index (χ0n) is 9.91. The molecule has 0 amide bonds. The molecule has 0 unspecified atom stereocenters. The van der Waals surface area contributed by atoms with Crippen LogP contribution in [0.3, 0.4) is 0 Å². The van der Waals surface area contributed by atoms with Crippen LogP contribution in [-0.2, 0) is 14.4 Å². The molecule has 0 aliphatic heterocycles. The molecular weight excluding hydrogens is 240 g/mol. The first-order chi connectivity index (χ1) is 7.20. The van der Waals surface area contributed by atoms with Crippen molar-refractivity contribution < 1.29 is 45.0 Å². The summed E-state index contributed by atoms with van der Waals surface area (Å²) in [7, 11) is 0. The summed E-state index contributed by atoms with van der Waals surface area (Å²) in [4.78, 5) is 27.0. The maximum absolute atomic E-state index is 9.00. The van der Waals surface area contributed by atoms with Gasteiger partial charge in [0.05, 0.1) is 0 Å². The van der Waals surface area contributed by atoms with Gasteiger partial charge in [0.2, 0.25) is 0 Å². The number of carbonyl (C=O) groups is 3. The zero-order chi connectivity index (χ0) is 15.2. The zero-order valence-corrected chi connectivity index (χ0v) is 9.91. The third-order valence-corrected chi connectivity index (χ3v) is 0. The maximum atomic E-state index is 9.00. The minimum absolute atomic E-state index is 0.833. The van der Waals surface area contributed by atoms with E-state index < -0.39 is 23.9 Å². The fourth-order valence-electron chi connectivity index (χ4n) is 0. The van der Waals surface area contributed by atoms with Crippen molar-refractivity contribution >= 4 is 17.9 Å². The summed E-state index contributed by atoms with van der Waals surface area (Å²) in [6, 6.07) is 0. The summed E-state index contributed by atoms with van der Waals surface area (Å²) in [5.74, 6) is -5.00. The van der Waals surface area contributed by atoms with Crippen molar-refractivity contribution in [3.05, 3.63) is 0 Å². The highest BCUT2D eigenvalue weighted by Crippen LogP contribution is 1.82. The number of aliphatic carboxylic acids is 3. The normalized spacial score (nSPS) is 7.94. The topological polar surface area (TPSA) is 173 Å². The van der Waals surface area contributed by atoms with Gasteiger partial charge in [-0.05, 0) is 0 Å². The molecule has 9 heteroatoms. The fraction of sp³-hybridized carbons (Fsp3) is 0.625. The van der Waals surface area contributed by atoms with Crippen molar-refractivity contribution in [2.24, 2.45) is 0 Å². The van der Waals surface area contributed by atoms with Gasteiger partial charge < -0.3 is 30.6 Å². The second-order valence-corrected chi connectivity index (χ2v) is 2.53. The van der Waals surface area contributed by atoms with Crippen molar-refractivity contribution in [1.29, 1.82) is 0 Å². The Morgan fingerprint density at radius 1 is 0.706 bits per heavy atom. The van der Waals surface area contributed by atoms with Crippen LogP contribution in [0.2, 0.25) is 0 Å². The molecular formula is C8H18O9. The summed E-state index contributed by atoms with van der Waals surface area (Å²) in [6.07, 6.45) is 0. The van der Waals surface area contributed by atoms with E-state index in [1.54, 1.807) is 0 Å². The molecule has 0 atom stereocenters. The van der Waals surface area contributed by atoms with Gasteiger partial charge in [-0.2, -0.15) is 0 Å². The Labute approximate surface area is 97.6 Å². The molecule has 0 aromatic heterocycles. The Kier molecular flexibility index (Phi) is 20.6. The second-order valence-electron chi connectivity index (χ2n) is 2.53. The van der Waals surface area contributed by atoms with E-state index in [1.165, 1.54) is 0 Å². The molecule has 0 aliphatic carbocycles. The minimum atomic E-state index is -2.50. The van der Waals surface area contributed by atoms with E-state index in [0.29, 0.717) is 0 Å². The van der Waals surface area contributed by atoms with Crippen molar-refractivity contribution in [2.75, 3.05) is 0 Å². The van der Waals surface area contributed by atoms with E-state index >= 15 is 0 Å². The summed E-state index contributed by atoms with van der Waals surface area (Å²) < 4.78 is 0. The molecule has 0 aromatic rings. The highest BCUT2D eigenvalue weighted by atomic mass is 16.7. The van der Waals surface area contributed by atoms with Gasteiger partial charge in [-0.15, -0.1) is 0 Å². The Balaban J connectivity index is -0.0000000667. The summed E-state index contributed by atoms with van der Waals surface area (Å²) >= 11 is 0. The van der Waals surface area contributed by atoms with Gasteiger partial charge in [0.1, 0.15) is 0 Å². The molecule has 6 N–H and O–H groups in total. The average molecular weight is 258 g/mol. The van der Waals surface area contributed by atoms with Crippen LogP contribution >= 0.6 is 0 Å². The second kappa shape index (κ2) is 14.3. The van der Waals surface area contributed by atoms with Crippen LogP contribution in [0.15, 0.2) is 0 Å². The Bertz CT molecular complexity index is 169. The Hall–Kier alpha value is -1.71. The smallest absolute Gasteiger partial charge is 0.300 e. The molecule has 0 rings (SSSR count). The summed E-state index contributed by atoms with van der Waals surface area (Å²) in [5, 5.41) is 45.1. The van der Waals surface area contributed by atoms with Crippen LogP contribution < -0.4 is 0 Å². The van der Waals surface area contributed by atoms with Crippen molar-refractivity contribution in [2.45, 2.75) is 33.7 Å². The van der Waals surface area contributed by atoms with E-state index in [4.69, 9.17) is 45.0 Å². The van der Waals surface area contributed by atoms with Crippen LogP contribution in [0.4, 0.5) is 0 Å². The molecule has 0 saturated carbocycles. The lowest BCUT2D eigenvalue weighted by atomic mass is 10.7. The molecule has 104 valence electrons. The number of hydrogen-bond donors (Lipinski definition) is 6. The van der Waals surface area contributed by atoms with Gasteiger partial charge in [0, 0.05) is 27.7 Å². The van der Waals surface area contributed by atoms with E-state index in [-0.39, 0.29) is 0 Å². The molecule has 0 saturated heterocycles. The number of carboxylic acids is 3. The number of aliphatic hydroxyl groups is 3. The quantitative estimate of drug-likeness (QED) is 0.295. The maximum Gasteiger partial charge on any atom is 0.300 e. The standard InChI is InChI=1S/C2H6O3.3C2H4O2/c1-2(3,4)5;3*1-2(3)4/h3-5H,1H3;3*1H3,(H,3,4). The van der Waals surface area contributed by atoms with E-state index in [0.717, 1.165) is 27.7 Å². The molecule has 0 aromatic carbocycles. The third kappa shape index (κ3) is 738. The predicted octanol–water partition coefficient (Wildman–Crippen LogP) is -1.09. The summed E-state index contributed by atoms with van der Waals surface area (Å²) in [6.45, 7) is 4.10. The molecule has 9 nitrogen and oxygen atoms in total. The largest absolute Gasteiger partial charge is 0.481 e. The molecule has 0 aliphatic rings. The highest BCUT2D eigenvalue weighted by Gasteiger charge is 2.03. The molecule has 0 heterocycles. The first kappa shape index (κ1) is 24.5. The minimum Gasteiger partial charge on any atom is -0.481 e. The van der Waals surface area contributed by atoms with E-state index in [9.17, 15) is 0 Å². The highest BCUT2D eigenvalue weighted by molar-refractivity contribution is 5.63. The number of rotatable bonds is 0. The van der Waals surface area contributed by atoms with Crippen molar-refractivity contribution in [3.63, 3.8) is 0 Å². The fourth-order valence-corrected chi connectivity index (χ4v) is 0. The van der Waals surface area contributed by atoms with Crippen LogP contribution in [0.5, 0.6) is 0 Å². The Morgan fingerprint density at radius 3 is 0.706 bits per heavy atom. The van der Waals surface area contributed by atoms with Crippen molar-refractivity contribution in [3.8, 4) is 0 Å². The number of hydrogen-bond acceptors (Lipinski definition) is 6. The predicted molar refractivity (Wildman–Crippen MR) is 55.0 cm³/mol. The number of carboxylic acid groups (broad SMARTS) is 3. The molecule has 17 heavy (non-hydrogen) atoms. The lowest BCUT2D eigenvalue weighted by Gasteiger charge is -2.01. The van der Waals surface area contributed by atoms with Gasteiger partial charge in [-0.25, -0.2) is 0 Å². The first-order valence-electron chi connectivity index (χ1n) is 3.95. The van der Waals surface area contributed by atoms with E-state index in [2.05, 4.69) is 0 Å². The molecule has 0 fully saturated rings. The third-order valence-electron chi connectivity index (χ3n) is 0. The first-order valence-corrected chi connectivity index (χ1v) is 3.95.